The second-order valence-electron chi connectivity index (χ2n) is 16.1. The standard InChI is InChI=1S/C50H25Cl4F13N4/c51-28-9-1-24(2-10-28)40-33-17-18-34(68-33)41(25-3-11-29(52)12-4-25)36-21-22-38(70-36)43(27-7-15-31(54)16-8-27)44-32(45(55,56)46(57,58)47(59,60)48(61,62)49(63,64)50(65,66)67)23-39(71-44)42(37-20-19-35(40)69-37)26-5-13-30(53)14-6-26/h1-23,69-70H. The summed E-state index contributed by atoms with van der Waals surface area (Å²) in [5, 5.41) is 0.881. The number of fused-ring (bicyclic) bond motifs is 8. The Morgan fingerprint density at radius 2 is 0.648 bits per heavy atom. The molecule has 7 aromatic rings. The Morgan fingerprint density at radius 3 is 1.00 bits per heavy atom. The highest BCUT2D eigenvalue weighted by Gasteiger charge is 2.91. The van der Waals surface area contributed by atoms with E-state index in [0.717, 1.165) is 0 Å². The highest BCUT2D eigenvalue weighted by Crippen LogP contribution is 2.63. The van der Waals surface area contributed by atoms with Crippen LogP contribution < -0.4 is 0 Å². The molecule has 0 fully saturated rings. The first kappa shape index (κ1) is 49.7. The van der Waals surface area contributed by atoms with Gasteiger partial charge in [-0.25, -0.2) is 9.97 Å². The van der Waals surface area contributed by atoms with Gasteiger partial charge in [0, 0.05) is 64.4 Å². The minimum absolute atomic E-state index is 0.0244. The number of allylic oxidation sites excluding steroid dienone is 1. The maximum absolute atomic E-state index is 17.1. The number of aromatic nitrogens is 4. The number of aromatic amines is 2. The van der Waals surface area contributed by atoms with Gasteiger partial charge in [-0.15, -0.1) is 0 Å². The zero-order valence-corrected chi connectivity index (χ0v) is 38.1. The summed E-state index contributed by atoms with van der Waals surface area (Å²) in [6.07, 6.45) is -4.09. The van der Waals surface area contributed by atoms with Crippen molar-refractivity contribution in [3.8, 4) is 44.5 Å². The van der Waals surface area contributed by atoms with E-state index in [9.17, 15) is 30.7 Å². The van der Waals surface area contributed by atoms with E-state index in [1.807, 2.05) is 0 Å². The Kier molecular flexibility index (Phi) is 12.2. The van der Waals surface area contributed by atoms with E-state index < -0.39 is 58.3 Å². The monoisotopic (exact) mass is 1070 g/mol. The van der Waals surface area contributed by atoms with E-state index in [4.69, 9.17) is 51.4 Å². The summed E-state index contributed by atoms with van der Waals surface area (Å²) >= 11 is 24.9. The molecule has 364 valence electrons. The fraction of sp³-hybridized carbons (Fsp3) is 0.120. The van der Waals surface area contributed by atoms with Gasteiger partial charge in [0.05, 0.1) is 28.3 Å². The van der Waals surface area contributed by atoms with E-state index >= 15 is 26.3 Å². The Bertz CT molecular complexity index is 3470. The van der Waals surface area contributed by atoms with E-state index in [1.54, 1.807) is 60.7 Å². The predicted molar refractivity (Wildman–Crippen MR) is 250 cm³/mol. The van der Waals surface area contributed by atoms with E-state index in [1.165, 1.54) is 72.8 Å². The molecule has 2 aliphatic rings. The number of nitrogens with one attached hydrogen (secondary N) is 2. The molecule has 0 amide bonds. The Hall–Kier alpha value is -6.27. The largest absolute Gasteiger partial charge is 0.460 e. The molecular weight excluding hydrogens is 1050 g/mol. The number of alkyl halides is 13. The third kappa shape index (κ3) is 8.23. The second-order valence-corrected chi connectivity index (χ2v) is 17.8. The number of rotatable bonds is 9. The van der Waals surface area contributed by atoms with Gasteiger partial charge in [0.1, 0.15) is 0 Å². The van der Waals surface area contributed by atoms with Crippen LogP contribution in [0.4, 0.5) is 57.1 Å². The molecule has 0 atom stereocenters. The number of hydrogen-bond donors (Lipinski definition) is 2. The Morgan fingerprint density at radius 1 is 0.338 bits per heavy atom. The molecule has 5 heterocycles. The van der Waals surface area contributed by atoms with Crippen molar-refractivity contribution in [3.05, 3.63) is 164 Å². The molecular formula is C50H25Cl4F13N4. The van der Waals surface area contributed by atoms with Crippen LogP contribution in [0.5, 0.6) is 0 Å². The van der Waals surface area contributed by atoms with Gasteiger partial charge in [0.25, 0.3) is 0 Å². The van der Waals surface area contributed by atoms with Crippen molar-refractivity contribution in [2.45, 2.75) is 35.8 Å². The second kappa shape index (κ2) is 17.5. The lowest BCUT2D eigenvalue weighted by atomic mass is 9.87. The molecule has 2 N–H and O–H groups in total. The van der Waals surface area contributed by atoms with Gasteiger partial charge in [0.15, 0.2) is 0 Å². The number of benzene rings is 4. The molecule has 0 aliphatic carbocycles. The highest BCUT2D eigenvalue weighted by molar-refractivity contribution is 6.31. The van der Waals surface area contributed by atoms with Crippen molar-refractivity contribution in [3.63, 3.8) is 0 Å². The van der Waals surface area contributed by atoms with Gasteiger partial charge in [0.2, 0.25) is 0 Å². The maximum Gasteiger partial charge on any atom is 0.460 e. The van der Waals surface area contributed by atoms with Crippen LogP contribution in [0.15, 0.2) is 121 Å². The zero-order valence-electron chi connectivity index (χ0n) is 35.1. The van der Waals surface area contributed by atoms with Gasteiger partial charge in [-0.2, -0.15) is 57.1 Å². The van der Waals surface area contributed by atoms with Gasteiger partial charge in [-0.1, -0.05) is 94.9 Å². The normalized spacial score (nSPS) is 13.7. The number of H-pyrrole nitrogens is 2. The molecule has 4 nitrogen and oxygen atoms in total. The van der Waals surface area contributed by atoms with E-state index in [0.29, 0.717) is 43.7 Å². The van der Waals surface area contributed by atoms with Crippen LogP contribution in [-0.4, -0.2) is 55.7 Å². The van der Waals surface area contributed by atoms with Gasteiger partial charge in [-0.3, -0.25) is 0 Å². The van der Waals surface area contributed by atoms with Gasteiger partial charge >= 0.3 is 35.8 Å². The summed E-state index contributed by atoms with van der Waals surface area (Å²) in [6.45, 7) is 0. The van der Waals surface area contributed by atoms with Crippen LogP contribution in [-0.2, 0) is 0 Å². The Balaban J connectivity index is 1.49. The van der Waals surface area contributed by atoms with Crippen molar-refractivity contribution >= 4 is 92.3 Å². The molecule has 0 radical (unpaired) electrons. The third-order valence-electron chi connectivity index (χ3n) is 11.7. The molecule has 4 aromatic carbocycles. The molecule has 0 saturated carbocycles. The summed E-state index contributed by atoms with van der Waals surface area (Å²) in [4.78, 5) is 15.6. The lowest BCUT2D eigenvalue weighted by Gasteiger charge is -2.40. The molecule has 8 bridgehead atoms. The zero-order chi connectivity index (χ0) is 51.2. The molecule has 0 spiro atoms. The number of hydrogen-bond acceptors (Lipinski definition) is 2. The van der Waals surface area contributed by atoms with Crippen LogP contribution in [0, 0.1) is 0 Å². The fourth-order valence-corrected chi connectivity index (χ4v) is 8.64. The summed E-state index contributed by atoms with van der Waals surface area (Å²) < 4.78 is 196. The average Bonchev–Trinajstić information content (AvgIpc) is 4.16. The third-order valence-corrected chi connectivity index (χ3v) is 12.7. The van der Waals surface area contributed by atoms with Crippen molar-refractivity contribution in [1.29, 1.82) is 0 Å². The van der Waals surface area contributed by atoms with Crippen molar-refractivity contribution in [2.24, 2.45) is 0 Å². The summed E-state index contributed by atoms with van der Waals surface area (Å²) in [5.41, 5.74) is -2.82. The number of nitrogens with zero attached hydrogens (tertiary/aromatic N) is 2. The lowest BCUT2D eigenvalue weighted by Crippen LogP contribution is -2.70. The van der Waals surface area contributed by atoms with Crippen LogP contribution >= 0.6 is 46.4 Å². The SMILES string of the molecule is FC(F)(F)C(F)(F)C(F)(F)C(F)(F)C(F)(F)C(F)(F)C1=Cc2nc1c(-c1ccc(Cl)cc1)c1ccc([nH]1)c(-c1ccc(Cl)cc1)c1nc(c(-c3ccc(Cl)cc3)c3ccc([nH]3)c2-c2ccc(Cl)cc2)C=C1. The quantitative estimate of drug-likeness (QED) is 0.142. The minimum Gasteiger partial charge on any atom is -0.354 e. The van der Waals surface area contributed by atoms with Crippen molar-refractivity contribution in [1.82, 2.24) is 19.9 Å². The van der Waals surface area contributed by atoms with Gasteiger partial charge < -0.3 is 9.97 Å². The molecule has 9 rings (SSSR count). The van der Waals surface area contributed by atoms with E-state index in [-0.39, 0.29) is 54.9 Å². The summed E-state index contributed by atoms with van der Waals surface area (Å²) in [5.74, 6) is -38.7. The smallest absolute Gasteiger partial charge is 0.354 e. The van der Waals surface area contributed by atoms with Crippen molar-refractivity contribution in [2.75, 3.05) is 0 Å². The maximum atomic E-state index is 17.1. The van der Waals surface area contributed by atoms with Gasteiger partial charge in [-0.05, 0) is 113 Å². The predicted octanol–water partition coefficient (Wildman–Crippen LogP) is 18.0. The molecule has 0 unspecified atom stereocenters. The highest BCUT2D eigenvalue weighted by atomic mass is 35.5. The van der Waals surface area contributed by atoms with E-state index in [2.05, 4.69) is 15.0 Å². The van der Waals surface area contributed by atoms with Crippen molar-refractivity contribution < 1.29 is 57.1 Å². The number of halogens is 17. The topological polar surface area (TPSA) is 57.4 Å². The van der Waals surface area contributed by atoms with Crippen LogP contribution in [0.25, 0.3) is 90.4 Å². The summed E-state index contributed by atoms with van der Waals surface area (Å²) in [6, 6.07) is 28.7. The Labute approximate surface area is 412 Å². The molecule has 21 heteroatoms. The molecule has 71 heavy (non-hydrogen) atoms. The van der Waals surface area contributed by atoms with Crippen LogP contribution in [0.2, 0.25) is 20.1 Å². The molecule has 3 aromatic heterocycles. The summed E-state index contributed by atoms with van der Waals surface area (Å²) in [7, 11) is 0. The van der Waals surface area contributed by atoms with Crippen LogP contribution in [0.1, 0.15) is 22.8 Å². The fourth-order valence-electron chi connectivity index (χ4n) is 8.14. The first-order valence-corrected chi connectivity index (χ1v) is 22.0. The lowest BCUT2D eigenvalue weighted by molar-refractivity contribution is -0.435. The first-order valence-electron chi connectivity index (χ1n) is 20.5. The minimum atomic E-state index is -8.17. The van der Waals surface area contributed by atoms with Crippen LogP contribution in [0.3, 0.4) is 0 Å². The first-order chi connectivity index (χ1) is 33.2. The average molecular weight is 1070 g/mol. The molecule has 2 aliphatic heterocycles. The molecule has 0 saturated heterocycles.